The summed E-state index contributed by atoms with van der Waals surface area (Å²) >= 11 is 12.3. The highest BCUT2D eigenvalue weighted by molar-refractivity contribution is 7.92. The summed E-state index contributed by atoms with van der Waals surface area (Å²) in [6, 6.07) is 18.9. The first-order valence-electron chi connectivity index (χ1n) is 12.6. The third kappa shape index (κ3) is 7.97. The van der Waals surface area contributed by atoms with Gasteiger partial charge in [-0.3, -0.25) is 13.9 Å². The molecule has 3 rings (SSSR count). The number of benzene rings is 3. The van der Waals surface area contributed by atoms with Crippen LogP contribution in [-0.4, -0.2) is 44.3 Å². The molecule has 1 atom stereocenters. The molecule has 0 bridgehead atoms. The van der Waals surface area contributed by atoms with Gasteiger partial charge in [-0.15, -0.1) is 0 Å². The number of rotatable bonds is 11. The van der Waals surface area contributed by atoms with Crippen LogP contribution < -0.4 is 9.62 Å². The second kappa shape index (κ2) is 13.3. The van der Waals surface area contributed by atoms with Gasteiger partial charge in [-0.05, 0) is 55.7 Å². The van der Waals surface area contributed by atoms with E-state index in [0.717, 1.165) is 15.4 Å². The third-order valence-corrected chi connectivity index (χ3v) is 8.62. The molecule has 0 heterocycles. The molecule has 0 aromatic heterocycles. The zero-order valence-electron chi connectivity index (χ0n) is 22.4. The van der Waals surface area contributed by atoms with Crippen molar-refractivity contribution in [1.82, 2.24) is 10.2 Å². The second-order valence-electron chi connectivity index (χ2n) is 9.75. The van der Waals surface area contributed by atoms with Gasteiger partial charge in [0.25, 0.3) is 10.0 Å². The number of sulfonamides is 1. The predicted molar refractivity (Wildman–Crippen MR) is 156 cm³/mol. The number of aryl methyl sites for hydroxylation is 1. The van der Waals surface area contributed by atoms with Crippen LogP contribution in [0.3, 0.4) is 0 Å². The molecule has 0 aliphatic heterocycles. The van der Waals surface area contributed by atoms with E-state index in [-0.39, 0.29) is 39.0 Å². The molecule has 3 aromatic carbocycles. The number of hydrogen-bond donors (Lipinski definition) is 1. The van der Waals surface area contributed by atoms with E-state index in [0.29, 0.717) is 6.54 Å². The monoisotopic (exact) mass is 589 g/mol. The number of carbonyl (C=O) groups excluding carboxylic acids is 2. The maximum absolute atomic E-state index is 13.9. The molecular formula is C29H33Cl2N3O4S. The molecule has 3 aromatic rings. The topological polar surface area (TPSA) is 86.8 Å². The van der Waals surface area contributed by atoms with Crippen molar-refractivity contribution in [3.05, 3.63) is 94.0 Å². The fraction of sp³-hybridized carbons (Fsp3) is 0.310. The first-order valence-corrected chi connectivity index (χ1v) is 14.7. The van der Waals surface area contributed by atoms with Crippen LogP contribution in [0.2, 0.25) is 10.0 Å². The van der Waals surface area contributed by atoms with Gasteiger partial charge in [0.2, 0.25) is 11.8 Å². The lowest BCUT2D eigenvalue weighted by atomic mass is 10.1. The minimum Gasteiger partial charge on any atom is -0.354 e. The number of nitrogens with one attached hydrogen (secondary N) is 1. The van der Waals surface area contributed by atoms with Crippen molar-refractivity contribution < 1.29 is 18.0 Å². The molecule has 39 heavy (non-hydrogen) atoms. The van der Waals surface area contributed by atoms with E-state index < -0.39 is 28.5 Å². The van der Waals surface area contributed by atoms with E-state index in [9.17, 15) is 18.0 Å². The molecule has 0 radical (unpaired) electrons. The second-order valence-corrected chi connectivity index (χ2v) is 12.4. The van der Waals surface area contributed by atoms with Crippen LogP contribution in [0.4, 0.5) is 5.69 Å². The van der Waals surface area contributed by atoms with Crippen molar-refractivity contribution in [2.24, 2.45) is 5.92 Å². The average molecular weight is 591 g/mol. The van der Waals surface area contributed by atoms with E-state index in [1.165, 1.54) is 35.2 Å². The number of halogens is 2. The molecule has 0 spiro atoms. The number of amides is 2. The smallest absolute Gasteiger partial charge is 0.264 e. The van der Waals surface area contributed by atoms with Gasteiger partial charge in [0.15, 0.2) is 0 Å². The Morgan fingerprint density at radius 2 is 1.59 bits per heavy atom. The Morgan fingerprint density at radius 3 is 2.21 bits per heavy atom. The summed E-state index contributed by atoms with van der Waals surface area (Å²) in [7, 11) is -4.18. The molecular weight excluding hydrogens is 557 g/mol. The lowest BCUT2D eigenvalue weighted by Crippen LogP contribution is -2.51. The maximum atomic E-state index is 13.9. The maximum Gasteiger partial charge on any atom is 0.264 e. The van der Waals surface area contributed by atoms with Crippen molar-refractivity contribution in [3.8, 4) is 0 Å². The molecule has 0 saturated heterocycles. The molecule has 7 nitrogen and oxygen atoms in total. The Morgan fingerprint density at radius 1 is 0.897 bits per heavy atom. The summed E-state index contributed by atoms with van der Waals surface area (Å²) in [6.45, 7) is 7.55. The zero-order chi connectivity index (χ0) is 28.7. The Kier molecular flexibility index (Phi) is 10.4. The summed E-state index contributed by atoms with van der Waals surface area (Å²) < 4.78 is 28.5. The van der Waals surface area contributed by atoms with Crippen LogP contribution in [0.1, 0.15) is 31.9 Å². The van der Waals surface area contributed by atoms with Crippen LogP contribution in [0.5, 0.6) is 0 Å². The summed E-state index contributed by atoms with van der Waals surface area (Å²) in [5, 5.41) is 3.27. The Bertz CT molecular complexity index is 1420. The average Bonchev–Trinajstić information content (AvgIpc) is 2.90. The van der Waals surface area contributed by atoms with Crippen LogP contribution in [0, 0.1) is 12.8 Å². The van der Waals surface area contributed by atoms with E-state index in [4.69, 9.17) is 23.2 Å². The van der Waals surface area contributed by atoms with E-state index in [1.54, 1.807) is 25.1 Å². The van der Waals surface area contributed by atoms with Gasteiger partial charge >= 0.3 is 0 Å². The summed E-state index contributed by atoms with van der Waals surface area (Å²) in [4.78, 5) is 28.4. The zero-order valence-corrected chi connectivity index (χ0v) is 24.7. The Hall–Kier alpha value is -3.07. The Balaban J connectivity index is 2.03. The standard InChI is InChI=1S/C29H33Cl2N3O4S/c1-20(2)17-32-29(36)22(4)33(18-23-10-8-9-21(3)15-23)28(35)19-34(24-13-14-26(30)27(31)16-24)39(37,38)25-11-6-5-7-12-25/h5-16,20,22H,17-19H2,1-4H3,(H,32,36)/t22-/m0/s1. The van der Waals surface area contributed by atoms with Crippen molar-refractivity contribution >= 4 is 50.7 Å². The lowest BCUT2D eigenvalue weighted by molar-refractivity contribution is -0.139. The van der Waals surface area contributed by atoms with Crippen LogP contribution >= 0.6 is 23.2 Å². The van der Waals surface area contributed by atoms with E-state index in [2.05, 4.69) is 5.32 Å². The minimum atomic E-state index is -4.18. The number of anilines is 1. The van der Waals surface area contributed by atoms with Crippen molar-refractivity contribution in [2.45, 2.75) is 45.2 Å². The normalized spacial score (nSPS) is 12.2. The molecule has 0 fully saturated rings. The largest absolute Gasteiger partial charge is 0.354 e. The SMILES string of the molecule is Cc1cccc(CN(C(=O)CN(c2ccc(Cl)c(Cl)c2)S(=O)(=O)c2ccccc2)[C@@H](C)C(=O)NCC(C)C)c1. The highest BCUT2D eigenvalue weighted by Gasteiger charge is 2.32. The van der Waals surface area contributed by atoms with E-state index >= 15 is 0 Å². The third-order valence-electron chi connectivity index (χ3n) is 6.09. The van der Waals surface area contributed by atoms with E-state index in [1.807, 2.05) is 45.0 Å². The fourth-order valence-electron chi connectivity index (χ4n) is 3.93. The van der Waals surface area contributed by atoms with Crippen LogP contribution in [0.15, 0.2) is 77.7 Å². The Labute approximate surface area is 240 Å². The number of carbonyl (C=O) groups is 2. The molecule has 0 saturated carbocycles. The lowest BCUT2D eigenvalue weighted by Gasteiger charge is -2.32. The molecule has 208 valence electrons. The van der Waals surface area contributed by atoms with Crippen molar-refractivity contribution in [1.29, 1.82) is 0 Å². The highest BCUT2D eigenvalue weighted by atomic mass is 35.5. The fourth-order valence-corrected chi connectivity index (χ4v) is 5.65. The summed E-state index contributed by atoms with van der Waals surface area (Å²) in [5.41, 5.74) is 1.99. The first kappa shape index (κ1) is 30.5. The molecule has 2 amide bonds. The molecule has 0 unspecified atom stereocenters. The molecule has 0 aliphatic carbocycles. The minimum absolute atomic E-state index is 0.0110. The van der Waals surface area contributed by atoms with Crippen LogP contribution in [0.25, 0.3) is 0 Å². The van der Waals surface area contributed by atoms with Gasteiger partial charge in [0.1, 0.15) is 12.6 Å². The highest BCUT2D eigenvalue weighted by Crippen LogP contribution is 2.31. The van der Waals surface area contributed by atoms with Gasteiger partial charge in [-0.1, -0.05) is 85.1 Å². The quantitative estimate of drug-likeness (QED) is 0.311. The van der Waals surface area contributed by atoms with Gasteiger partial charge in [0.05, 0.1) is 20.6 Å². The number of nitrogens with zero attached hydrogens (tertiary/aromatic N) is 2. The number of hydrogen-bond acceptors (Lipinski definition) is 4. The first-order chi connectivity index (χ1) is 18.4. The molecule has 10 heteroatoms. The van der Waals surface area contributed by atoms with Gasteiger partial charge in [0, 0.05) is 13.1 Å². The molecule has 0 aliphatic rings. The molecule has 1 N–H and O–H groups in total. The predicted octanol–water partition coefficient (Wildman–Crippen LogP) is 5.69. The summed E-state index contributed by atoms with van der Waals surface area (Å²) in [6.07, 6.45) is 0. The van der Waals surface area contributed by atoms with Crippen LogP contribution in [-0.2, 0) is 26.2 Å². The van der Waals surface area contributed by atoms with Gasteiger partial charge in [-0.2, -0.15) is 0 Å². The van der Waals surface area contributed by atoms with Crippen molar-refractivity contribution in [2.75, 3.05) is 17.4 Å². The van der Waals surface area contributed by atoms with Gasteiger partial charge < -0.3 is 10.2 Å². The van der Waals surface area contributed by atoms with Gasteiger partial charge in [-0.25, -0.2) is 8.42 Å². The van der Waals surface area contributed by atoms with Crippen molar-refractivity contribution in [3.63, 3.8) is 0 Å². The summed E-state index contributed by atoms with van der Waals surface area (Å²) in [5.74, 6) is -0.644.